The lowest BCUT2D eigenvalue weighted by atomic mass is 10.0. The summed E-state index contributed by atoms with van der Waals surface area (Å²) in [5.41, 5.74) is 0. The van der Waals surface area contributed by atoms with Gasteiger partial charge < -0.3 is 20.3 Å². The standard InChI is InChI=1S/C76H147NO5/c1-3-5-7-9-11-13-15-16-17-18-19-20-30-33-36-39-42-45-49-52-56-60-64-68-74(79)73(72-78)77-75(80)69-65-61-57-53-50-46-43-40-37-34-31-28-26-24-22-21-23-25-27-29-32-35-38-41-44-47-51-55-59-63-67-71-82-76(81)70-66-62-58-54-48-14-12-10-8-6-4-2/h23,25,29,32,73-74,78-79H,3-22,24,26-28,30-31,33-72H2,1-2H3,(H,77,80)/b25-23-,32-29-. The van der Waals surface area contributed by atoms with Crippen LogP contribution in [-0.4, -0.2) is 47.4 Å². The van der Waals surface area contributed by atoms with Crippen molar-refractivity contribution in [2.75, 3.05) is 13.2 Å². The first-order chi connectivity index (χ1) is 40.5. The lowest BCUT2D eigenvalue weighted by Gasteiger charge is -2.22. The van der Waals surface area contributed by atoms with Gasteiger partial charge in [0.05, 0.1) is 25.4 Å². The van der Waals surface area contributed by atoms with E-state index in [0.717, 1.165) is 44.9 Å². The molecule has 6 nitrogen and oxygen atoms in total. The molecule has 0 radical (unpaired) electrons. The minimum Gasteiger partial charge on any atom is -0.466 e. The van der Waals surface area contributed by atoms with E-state index in [1.54, 1.807) is 0 Å². The first kappa shape index (κ1) is 80.3. The highest BCUT2D eigenvalue weighted by Gasteiger charge is 2.20. The summed E-state index contributed by atoms with van der Waals surface area (Å²) in [6, 6.07) is -0.542. The molecule has 486 valence electrons. The summed E-state index contributed by atoms with van der Waals surface area (Å²) in [4.78, 5) is 24.6. The first-order valence-electron chi connectivity index (χ1n) is 37.6. The van der Waals surface area contributed by atoms with Gasteiger partial charge >= 0.3 is 5.97 Å². The van der Waals surface area contributed by atoms with Crippen molar-refractivity contribution >= 4 is 11.9 Å². The van der Waals surface area contributed by atoms with Gasteiger partial charge in [0.25, 0.3) is 0 Å². The molecular weight excluding hydrogens is 1010 g/mol. The maximum absolute atomic E-state index is 12.6. The van der Waals surface area contributed by atoms with Gasteiger partial charge in [-0.25, -0.2) is 0 Å². The van der Waals surface area contributed by atoms with Crippen LogP contribution in [0.15, 0.2) is 24.3 Å². The normalized spacial score (nSPS) is 12.6. The smallest absolute Gasteiger partial charge is 0.305 e. The predicted octanol–water partition coefficient (Wildman–Crippen LogP) is 24.5. The Kier molecular flexibility index (Phi) is 70.4. The lowest BCUT2D eigenvalue weighted by Crippen LogP contribution is -2.45. The molecule has 0 aromatic carbocycles. The summed E-state index contributed by atoms with van der Waals surface area (Å²) in [6.07, 6.45) is 91.1. The number of nitrogens with one attached hydrogen (secondary N) is 1. The minimum absolute atomic E-state index is 0.0137. The molecule has 0 aliphatic rings. The molecule has 0 aromatic rings. The van der Waals surface area contributed by atoms with E-state index in [9.17, 15) is 19.8 Å². The Hall–Kier alpha value is -1.66. The average molecular weight is 1160 g/mol. The van der Waals surface area contributed by atoms with E-state index in [2.05, 4.69) is 43.5 Å². The third-order valence-electron chi connectivity index (χ3n) is 17.8. The van der Waals surface area contributed by atoms with Crippen molar-refractivity contribution in [2.45, 2.75) is 437 Å². The minimum atomic E-state index is -0.665. The van der Waals surface area contributed by atoms with Crippen LogP contribution in [0.3, 0.4) is 0 Å². The summed E-state index contributed by atoms with van der Waals surface area (Å²) in [7, 11) is 0. The van der Waals surface area contributed by atoms with Gasteiger partial charge in [0.1, 0.15) is 0 Å². The number of esters is 1. The molecule has 0 aliphatic heterocycles. The van der Waals surface area contributed by atoms with Crippen molar-refractivity contribution in [2.24, 2.45) is 0 Å². The van der Waals surface area contributed by atoms with Crippen LogP contribution in [0.4, 0.5) is 0 Å². The molecule has 6 heteroatoms. The molecular formula is C76H147NO5. The van der Waals surface area contributed by atoms with Crippen LogP contribution in [-0.2, 0) is 14.3 Å². The third-order valence-corrected chi connectivity index (χ3v) is 17.8. The van der Waals surface area contributed by atoms with E-state index in [0.29, 0.717) is 25.9 Å². The topological polar surface area (TPSA) is 95.9 Å². The van der Waals surface area contributed by atoms with Crippen LogP contribution < -0.4 is 5.32 Å². The Morgan fingerprint density at radius 3 is 0.927 bits per heavy atom. The van der Waals surface area contributed by atoms with Gasteiger partial charge in [0.15, 0.2) is 0 Å². The van der Waals surface area contributed by atoms with Gasteiger partial charge in [-0.05, 0) is 57.8 Å². The number of carbonyl (C=O) groups excluding carboxylic acids is 2. The van der Waals surface area contributed by atoms with E-state index in [-0.39, 0.29) is 18.5 Å². The number of unbranched alkanes of at least 4 members (excludes halogenated alkanes) is 56. The van der Waals surface area contributed by atoms with Crippen molar-refractivity contribution in [3.63, 3.8) is 0 Å². The summed E-state index contributed by atoms with van der Waals surface area (Å²) in [5, 5.41) is 23.5. The second kappa shape index (κ2) is 71.8. The Balaban J connectivity index is 3.39. The van der Waals surface area contributed by atoms with E-state index >= 15 is 0 Å². The number of rotatable bonds is 71. The van der Waals surface area contributed by atoms with E-state index in [4.69, 9.17) is 4.74 Å². The van der Waals surface area contributed by atoms with Gasteiger partial charge in [-0.15, -0.1) is 0 Å². The highest BCUT2D eigenvalue weighted by Crippen LogP contribution is 2.19. The largest absolute Gasteiger partial charge is 0.466 e. The number of ether oxygens (including phenoxy) is 1. The highest BCUT2D eigenvalue weighted by atomic mass is 16.5. The Morgan fingerprint density at radius 1 is 0.341 bits per heavy atom. The molecule has 3 N–H and O–H groups in total. The number of carbonyl (C=O) groups is 2. The molecule has 0 bridgehead atoms. The van der Waals surface area contributed by atoms with Gasteiger partial charge in [0, 0.05) is 12.8 Å². The van der Waals surface area contributed by atoms with Crippen molar-refractivity contribution in [1.29, 1.82) is 0 Å². The van der Waals surface area contributed by atoms with Gasteiger partial charge in [-0.1, -0.05) is 378 Å². The van der Waals surface area contributed by atoms with Gasteiger partial charge in [-0.2, -0.15) is 0 Å². The van der Waals surface area contributed by atoms with Crippen LogP contribution in [0.1, 0.15) is 425 Å². The van der Waals surface area contributed by atoms with Crippen molar-refractivity contribution in [1.82, 2.24) is 5.32 Å². The van der Waals surface area contributed by atoms with Gasteiger partial charge in [-0.3, -0.25) is 9.59 Å². The molecule has 2 atom stereocenters. The summed E-state index contributed by atoms with van der Waals surface area (Å²) in [5.74, 6) is -0.0154. The molecule has 1 amide bonds. The zero-order chi connectivity index (χ0) is 59.2. The number of hydrogen-bond acceptors (Lipinski definition) is 5. The summed E-state index contributed by atoms with van der Waals surface area (Å²) < 4.78 is 5.47. The lowest BCUT2D eigenvalue weighted by molar-refractivity contribution is -0.143. The molecule has 82 heavy (non-hydrogen) atoms. The van der Waals surface area contributed by atoms with Crippen molar-refractivity contribution < 1.29 is 24.5 Å². The van der Waals surface area contributed by atoms with Crippen LogP contribution >= 0.6 is 0 Å². The third kappa shape index (κ3) is 67.5. The van der Waals surface area contributed by atoms with Crippen molar-refractivity contribution in [3.05, 3.63) is 24.3 Å². The van der Waals surface area contributed by atoms with E-state index < -0.39 is 12.1 Å². The van der Waals surface area contributed by atoms with Crippen LogP contribution in [0.25, 0.3) is 0 Å². The average Bonchev–Trinajstić information content (AvgIpc) is 3.48. The number of amides is 1. The molecule has 0 heterocycles. The second-order valence-corrected chi connectivity index (χ2v) is 26.0. The van der Waals surface area contributed by atoms with Crippen LogP contribution in [0.5, 0.6) is 0 Å². The fourth-order valence-electron chi connectivity index (χ4n) is 12.0. The quantitative estimate of drug-likeness (QED) is 0.0320. The highest BCUT2D eigenvalue weighted by molar-refractivity contribution is 5.76. The van der Waals surface area contributed by atoms with Crippen molar-refractivity contribution in [3.8, 4) is 0 Å². The second-order valence-electron chi connectivity index (χ2n) is 26.0. The van der Waals surface area contributed by atoms with E-state index in [1.807, 2.05) is 0 Å². The number of hydrogen-bond donors (Lipinski definition) is 3. The van der Waals surface area contributed by atoms with Crippen LogP contribution in [0.2, 0.25) is 0 Å². The molecule has 2 unspecified atom stereocenters. The SMILES string of the molecule is CCCCCCCCCCCCCCCCCCCCCCCCCC(O)C(CO)NC(=O)CCCCCCCCCCCCCCCCC/C=C\C/C=C\CCCCCCCCCCCOC(=O)CCCCCCCCCCCCC. The Morgan fingerprint density at radius 2 is 0.610 bits per heavy atom. The molecule has 0 aromatic heterocycles. The molecule has 0 aliphatic carbocycles. The molecule has 0 fully saturated rings. The monoisotopic (exact) mass is 1150 g/mol. The zero-order valence-corrected chi connectivity index (χ0v) is 55.8. The Labute approximate surface area is 513 Å². The Bertz CT molecular complexity index is 1280. The fourth-order valence-corrected chi connectivity index (χ4v) is 12.0. The number of aliphatic hydroxyl groups is 2. The molecule has 0 saturated carbocycles. The van der Waals surface area contributed by atoms with E-state index in [1.165, 1.54) is 347 Å². The molecule has 0 rings (SSSR count). The summed E-state index contributed by atoms with van der Waals surface area (Å²) >= 11 is 0. The van der Waals surface area contributed by atoms with Crippen LogP contribution in [0, 0.1) is 0 Å². The molecule has 0 saturated heterocycles. The molecule has 0 spiro atoms. The maximum atomic E-state index is 12.6. The number of aliphatic hydroxyl groups excluding tert-OH is 2. The predicted molar refractivity (Wildman–Crippen MR) is 361 cm³/mol. The maximum Gasteiger partial charge on any atom is 0.305 e. The summed E-state index contributed by atoms with van der Waals surface area (Å²) in [6.45, 7) is 4.99. The fraction of sp³-hybridized carbons (Fsp3) is 0.921. The van der Waals surface area contributed by atoms with Gasteiger partial charge in [0.2, 0.25) is 5.91 Å². The zero-order valence-electron chi connectivity index (χ0n) is 55.8. The number of allylic oxidation sites excluding steroid dienone is 4. The first-order valence-corrected chi connectivity index (χ1v) is 37.6.